The van der Waals surface area contributed by atoms with Crippen molar-refractivity contribution in [3.8, 4) is 0 Å². The van der Waals surface area contributed by atoms with E-state index >= 15 is 0 Å². The van der Waals surface area contributed by atoms with Crippen LogP contribution >= 0.6 is 0 Å². The van der Waals surface area contributed by atoms with Crippen molar-refractivity contribution < 1.29 is 9.53 Å². The number of carbonyl (C=O) groups excluding carboxylic acids is 1. The van der Waals surface area contributed by atoms with E-state index in [0.29, 0.717) is 12.4 Å². The number of amides is 1. The Labute approximate surface area is 75.7 Å². The third-order valence-corrected chi connectivity index (χ3v) is 2.04. The van der Waals surface area contributed by atoms with E-state index in [1.165, 1.54) is 0 Å². The Morgan fingerprint density at radius 2 is 2.69 bits per heavy atom. The Kier molecular flexibility index (Phi) is 2.02. The lowest BCUT2D eigenvalue weighted by Gasteiger charge is -2.23. The molecule has 13 heavy (non-hydrogen) atoms. The number of imidazole rings is 1. The van der Waals surface area contributed by atoms with Gasteiger partial charge in [0.2, 0.25) is 0 Å². The number of nitrogens with zero attached hydrogens (tertiary/aromatic N) is 2. The Morgan fingerprint density at radius 3 is 3.46 bits per heavy atom. The molecular formula is C8H11N3O2. The van der Waals surface area contributed by atoms with Crippen LogP contribution in [0.3, 0.4) is 0 Å². The first kappa shape index (κ1) is 8.25. The number of methoxy groups -OCH3 is 1. The molecule has 70 valence electrons. The Bertz CT molecular complexity index is 321. The van der Waals surface area contributed by atoms with Crippen LogP contribution in [0.25, 0.3) is 0 Å². The van der Waals surface area contributed by atoms with Crippen molar-refractivity contribution in [1.82, 2.24) is 14.9 Å². The topological polar surface area (TPSA) is 56.2 Å². The van der Waals surface area contributed by atoms with Crippen molar-refractivity contribution in [1.29, 1.82) is 0 Å². The molecule has 1 aliphatic rings. The zero-order chi connectivity index (χ0) is 9.26. The zero-order valence-electron chi connectivity index (χ0n) is 7.36. The zero-order valence-corrected chi connectivity index (χ0v) is 7.36. The fourth-order valence-electron chi connectivity index (χ4n) is 1.49. The number of hydrogen-bond acceptors (Lipinski definition) is 3. The predicted octanol–water partition coefficient (Wildman–Crippen LogP) is -0.358. The van der Waals surface area contributed by atoms with Gasteiger partial charge in [-0.2, -0.15) is 0 Å². The molecule has 2 heterocycles. The predicted molar refractivity (Wildman–Crippen MR) is 45.4 cm³/mol. The van der Waals surface area contributed by atoms with E-state index in [4.69, 9.17) is 4.74 Å². The fraction of sp³-hybridized carbons (Fsp3) is 0.500. The molecule has 1 aromatic heterocycles. The molecule has 5 heteroatoms. The van der Waals surface area contributed by atoms with Crippen LogP contribution in [-0.2, 0) is 11.3 Å². The van der Waals surface area contributed by atoms with E-state index in [0.717, 1.165) is 6.54 Å². The van der Waals surface area contributed by atoms with Gasteiger partial charge in [-0.15, -0.1) is 0 Å². The van der Waals surface area contributed by atoms with Crippen LogP contribution in [0.15, 0.2) is 12.4 Å². The lowest BCUT2D eigenvalue weighted by atomic mass is 10.2. The minimum atomic E-state index is -0.127. The molecule has 0 saturated heterocycles. The van der Waals surface area contributed by atoms with Gasteiger partial charge in [-0.25, -0.2) is 4.98 Å². The molecule has 0 aromatic carbocycles. The molecular weight excluding hydrogens is 170 g/mol. The number of hydrogen-bond donors (Lipinski definition) is 1. The van der Waals surface area contributed by atoms with Crippen molar-refractivity contribution in [2.75, 3.05) is 13.7 Å². The highest BCUT2D eigenvalue weighted by Crippen LogP contribution is 2.06. The molecule has 0 spiro atoms. The SMILES string of the molecule is COCC1Cn2ccnc2C(=O)N1. The van der Waals surface area contributed by atoms with E-state index in [1.807, 2.05) is 4.57 Å². The average Bonchev–Trinajstić information content (AvgIpc) is 2.53. The maximum atomic E-state index is 11.4. The summed E-state index contributed by atoms with van der Waals surface area (Å²) < 4.78 is 6.81. The van der Waals surface area contributed by atoms with Crippen LogP contribution in [0.4, 0.5) is 0 Å². The molecule has 0 radical (unpaired) electrons. The first-order valence-corrected chi connectivity index (χ1v) is 4.12. The van der Waals surface area contributed by atoms with Gasteiger partial charge < -0.3 is 14.6 Å². The Balaban J connectivity index is 2.19. The average molecular weight is 181 g/mol. The molecule has 0 aliphatic carbocycles. The van der Waals surface area contributed by atoms with Crippen LogP contribution in [-0.4, -0.2) is 35.2 Å². The summed E-state index contributed by atoms with van der Waals surface area (Å²) >= 11 is 0. The highest BCUT2D eigenvalue weighted by atomic mass is 16.5. The summed E-state index contributed by atoms with van der Waals surface area (Å²) in [6.45, 7) is 1.26. The van der Waals surface area contributed by atoms with Crippen molar-refractivity contribution in [2.45, 2.75) is 12.6 Å². The van der Waals surface area contributed by atoms with Gasteiger partial charge in [0.1, 0.15) is 0 Å². The first-order valence-electron chi connectivity index (χ1n) is 4.12. The summed E-state index contributed by atoms with van der Waals surface area (Å²) in [6.07, 6.45) is 3.43. The molecule has 1 amide bonds. The smallest absolute Gasteiger partial charge is 0.287 e. The molecule has 1 aliphatic heterocycles. The van der Waals surface area contributed by atoms with E-state index < -0.39 is 0 Å². The standard InChI is InChI=1S/C8H11N3O2/c1-13-5-6-4-11-3-2-9-7(11)8(12)10-6/h2-3,6H,4-5H2,1H3,(H,10,12). The summed E-state index contributed by atoms with van der Waals surface area (Å²) in [5.74, 6) is 0.352. The van der Waals surface area contributed by atoms with Gasteiger partial charge in [0.15, 0.2) is 5.82 Å². The molecule has 1 unspecified atom stereocenters. The van der Waals surface area contributed by atoms with Gasteiger partial charge in [-0.05, 0) is 0 Å². The molecule has 1 N–H and O–H groups in total. The molecule has 1 atom stereocenters. The highest BCUT2D eigenvalue weighted by Gasteiger charge is 2.24. The maximum Gasteiger partial charge on any atom is 0.287 e. The number of ether oxygens (including phenoxy) is 1. The van der Waals surface area contributed by atoms with Crippen LogP contribution < -0.4 is 5.32 Å². The molecule has 5 nitrogen and oxygen atoms in total. The summed E-state index contributed by atoms with van der Waals surface area (Å²) in [7, 11) is 1.62. The van der Waals surface area contributed by atoms with E-state index in [9.17, 15) is 4.79 Å². The normalized spacial score (nSPS) is 21.0. The third kappa shape index (κ3) is 1.42. The monoisotopic (exact) mass is 181 g/mol. The molecule has 0 bridgehead atoms. The van der Waals surface area contributed by atoms with Gasteiger partial charge in [-0.1, -0.05) is 0 Å². The number of fused-ring (bicyclic) bond motifs is 1. The summed E-state index contributed by atoms with van der Waals surface area (Å²) in [4.78, 5) is 15.3. The quantitative estimate of drug-likeness (QED) is 0.678. The second-order valence-electron chi connectivity index (χ2n) is 3.03. The summed E-state index contributed by atoms with van der Waals surface area (Å²) in [5.41, 5.74) is 0. The van der Waals surface area contributed by atoms with Gasteiger partial charge >= 0.3 is 0 Å². The first-order chi connectivity index (χ1) is 6.31. The van der Waals surface area contributed by atoms with Gasteiger partial charge in [-0.3, -0.25) is 4.79 Å². The fourth-order valence-corrected chi connectivity index (χ4v) is 1.49. The summed E-state index contributed by atoms with van der Waals surface area (Å²) in [5, 5.41) is 2.81. The molecule has 1 aromatic rings. The van der Waals surface area contributed by atoms with Crippen molar-refractivity contribution in [3.63, 3.8) is 0 Å². The third-order valence-electron chi connectivity index (χ3n) is 2.04. The Morgan fingerprint density at radius 1 is 1.85 bits per heavy atom. The van der Waals surface area contributed by atoms with Crippen LogP contribution in [0.2, 0.25) is 0 Å². The molecule has 0 fully saturated rings. The van der Waals surface area contributed by atoms with Crippen LogP contribution in [0, 0.1) is 0 Å². The van der Waals surface area contributed by atoms with Crippen LogP contribution in [0.5, 0.6) is 0 Å². The number of rotatable bonds is 2. The summed E-state index contributed by atoms with van der Waals surface area (Å²) in [6, 6.07) is 0.0548. The van der Waals surface area contributed by atoms with Crippen molar-refractivity contribution in [3.05, 3.63) is 18.2 Å². The van der Waals surface area contributed by atoms with E-state index in [2.05, 4.69) is 10.3 Å². The molecule has 2 rings (SSSR count). The number of aromatic nitrogens is 2. The van der Waals surface area contributed by atoms with Gasteiger partial charge in [0.05, 0.1) is 12.6 Å². The van der Waals surface area contributed by atoms with Gasteiger partial charge in [0, 0.05) is 26.0 Å². The van der Waals surface area contributed by atoms with E-state index in [-0.39, 0.29) is 11.9 Å². The second kappa shape index (κ2) is 3.18. The van der Waals surface area contributed by atoms with Crippen LogP contribution in [0.1, 0.15) is 10.6 Å². The Hall–Kier alpha value is -1.36. The van der Waals surface area contributed by atoms with Gasteiger partial charge in [0.25, 0.3) is 5.91 Å². The highest BCUT2D eigenvalue weighted by molar-refractivity contribution is 5.91. The van der Waals surface area contributed by atoms with Crippen molar-refractivity contribution >= 4 is 5.91 Å². The number of nitrogens with one attached hydrogen (secondary N) is 1. The number of carbonyl (C=O) groups is 1. The lowest BCUT2D eigenvalue weighted by Crippen LogP contribution is -2.46. The van der Waals surface area contributed by atoms with Crippen molar-refractivity contribution in [2.24, 2.45) is 0 Å². The molecule has 0 saturated carbocycles. The van der Waals surface area contributed by atoms with E-state index in [1.54, 1.807) is 19.5 Å². The lowest BCUT2D eigenvalue weighted by molar-refractivity contribution is 0.0833. The second-order valence-corrected chi connectivity index (χ2v) is 3.03. The minimum Gasteiger partial charge on any atom is -0.382 e. The largest absolute Gasteiger partial charge is 0.382 e. The maximum absolute atomic E-state index is 11.4. The minimum absolute atomic E-state index is 0.0548.